The summed E-state index contributed by atoms with van der Waals surface area (Å²) in [5, 5.41) is 6.79. The molecule has 6 heteroatoms. The van der Waals surface area contributed by atoms with E-state index in [1.54, 1.807) is 6.07 Å². The molecule has 0 aliphatic heterocycles. The van der Waals surface area contributed by atoms with Crippen LogP contribution in [0.1, 0.15) is 13.8 Å². The van der Waals surface area contributed by atoms with Crippen LogP contribution in [0.2, 0.25) is 5.02 Å². The highest BCUT2D eigenvalue weighted by Crippen LogP contribution is 2.18. The van der Waals surface area contributed by atoms with Gasteiger partial charge in [-0.3, -0.25) is 0 Å². The molecule has 0 amide bonds. The number of terminal acetylenes is 1. The molecule has 1 rings (SSSR count). The molecule has 0 heterocycles. The van der Waals surface area contributed by atoms with Crippen molar-refractivity contribution in [3.63, 3.8) is 0 Å². The van der Waals surface area contributed by atoms with Gasteiger partial charge in [-0.25, -0.2) is 4.99 Å². The Labute approximate surface area is 148 Å². The van der Waals surface area contributed by atoms with Crippen LogP contribution in [0.15, 0.2) is 29.3 Å². The molecule has 0 saturated heterocycles. The van der Waals surface area contributed by atoms with Gasteiger partial charge in [0.15, 0.2) is 5.96 Å². The highest BCUT2D eigenvalue weighted by molar-refractivity contribution is 14.0. The summed E-state index contributed by atoms with van der Waals surface area (Å²) in [6.07, 6.45) is 5.15. The van der Waals surface area contributed by atoms with Gasteiger partial charge in [0, 0.05) is 11.6 Å². The lowest BCUT2D eigenvalue weighted by Gasteiger charge is -2.14. The van der Waals surface area contributed by atoms with E-state index in [2.05, 4.69) is 21.5 Å². The third-order valence-electron chi connectivity index (χ3n) is 2.34. The zero-order valence-electron chi connectivity index (χ0n) is 12.2. The van der Waals surface area contributed by atoms with Crippen molar-refractivity contribution < 1.29 is 4.74 Å². The van der Waals surface area contributed by atoms with Gasteiger partial charge in [-0.15, -0.1) is 30.4 Å². The van der Waals surface area contributed by atoms with Crippen molar-refractivity contribution in [2.45, 2.75) is 20.0 Å². The maximum absolute atomic E-state index is 5.91. The van der Waals surface area contributed by atoms with Crippen LogP contribution >= 0.6 is 35.6 Å². The number of nitrogens with one attached hydrogen (secondary N) is 2. The van der Waals surface area contributed by atoms with Gasteiger partial charge in [-0.2, -0.15) is 0 Å². The van der Waals surface area contributed by atoms with Crippen molar-refractivity contribution in [3.8, 4) is 18.1 Å². The second-order valence-corrected chi connectivity index (χ2v) is 4.60. The minimum absolute atomic E-state index is 0. The van der Waals surface area contributed by atoms with Gasteiger partial charge in [-0.05, 0) is 32.0 Å². The summed E-state index contributed by atoms with van der Waals surface area (Å²) in [5.41, 5.74) is 0. The second kappa shape index (κ2) is 11.5. The number of benzene rings is 1. The summed E-state index contributed by atoms with van der Waals surface area (Å²) in [6.45, 7) is 5.69. The lowest BCUT2D eigenvalue weighted by molar-refractivity contribution is 0.230. The summed E-state index contributed by atoms with van der Waals surface area (Å²) in [4.78, 5) is 4.41. The van der Waals surface area contributed by atoms with Crippen LogP contribution in [0, 0.1) is 12.3 Å². The third-order valence-corrected chi connectivity index (χ3v) is 2.58. The maximum atomic E-state index is 5.91. The maximum Gasteiger partial charge on any atom is 0.192 e. The highest BCUT2D eigenvalue weighted by Gasteiger charge is 2.04. The Balaban J connectivity index is 0.00000400. The molecule has 1 aromatic carbocycles. The van der Waals surface area contributed by atoms with Crippen LogP contribution in [0.4, 0.5) is 0 Å². The molecule has 0 bridgehead atoms. The number of nitrogens with zero attached hydrogens (tertiary/aromatic N) is 1. The number of hydrogen-bond donors (Lipinski definition) is 2. The molecule has 0 radical (unpaired) electrons. The van der Waals surface area contributed by atoms with Gasteiger partial charge in [-0.1, -0.05) is 23.6 Å². The van der Waals surface area contributed by atoms with E-state index in [1.807, 2.05) is 32.0 Å². The van der Waals surface area contributed by atoms with E-state index in [0.717, 1.165) is 12.3 Å². The second-order valence-electron chi connectivity index (χ2n) is 4.16. The average molecular weight is 422 g/mol. The van der Waals surface area contributed by atoms with E-state index in [1.165, 1.54) is 0 Å². The predicted molar refractivity (Wildman–Crippen MR) is 99.8 cm³/mol. The van der Waals surface area contributed by atoms with E-state index >= 15 is 0 Å². The first kappa shape index (κ1) is 19.9. The number of rotatable bonds is 6. The number of ether oxygens (including phenoxy) is 1. The molecule has 116 valence electrons. The molecule has 1 unspecified atom stereocenters. The molecule has 1 atom stereocenters. The zero-order chi connectivity index (χ0) is 14.8. The van der Waals surface area contributed by atoms with Crippen LogP contribution in [-0.2, 0) is 0 Å². The fourth-order valence-electron chi connectivity index (χ4n) is 1.51. The minimum Gasteiger partial charge on any atom is -0.489 e. The summed E-state index contributed by atoms with van der Waals surface area (Å²) in [5.74, 6) is 3.94. The lowest BCUT2D eigenvalue weighted by Crippen LogP contribution is -2.38. The van der Waals surface area contributed by atoms with Crippen LogP contribution in [0.25, 0.3) is 0 Å². The predicted octanol–water partition coefficient (Wildman–Crippen LogP) is 2.91. The monoisotopic (exact) mass is 421 g/mol. The lowest BCUT2D eigenvalue weighted by atomic mass is 10.3. The van der Waals surface area contributed by atoms with Crippen LogP contribution in [-0.4, -0.2) is 31.7 Å². The van der Waals surface area contributed by atoms with Crippen molar-refractivity contribution in [3.05, 3.63) is 29.3 Å². The van der Waals surface area contributed by atoms with Gasteiger partial charge in [0.25, 0.3) is 0 Å². The first-order valence-corrected chi connectivity index (χ1v) is 6.91. The Morgan fingerprint density at radius 3 is 2.86 bits per heavy atom. The van der Waals surface area contributed by atoms with Crippen molar-refractivity contribution in [1.29, 1.82) is 0 Å². The Kier molecular flexibility index (Phi) is 10.9. The Bertz CT molecular complexity index is 488. The number of halogens is 2. The molecule has 2 N–H and O–H groups in total. The van der Waals surface area contributed by atoms with Crippen molar-refractivity contribution in [2.75, 3.05) is 19.6 Å². The number of aliphatic imine (C=N–C) groups is 1. The summed E-state index contributed by atoms with van der Waals surface area (Å²) < 4.78 is 5.74. The highest BCUT2D eigenvalue weighted by atomic mass is 127. The fraction of sp³-hybridized carbons (Fsp3) is 0.400. The van der Waals surface area contributed by atoms with Crippen LogP contribution in [0.5, 0.6) is 5.75 Å². The van der Waals surface area contributed by atoms with Crippen molar-refractivity contribution in [1.82, 2.24) is 10.6 Å². The van der Waals surface area contributed by atoms with Gasteiger partial charge in [0.05, 0.1) is 13.1 Å². The molecule has 21 heavy (non-hydrogen) atoms. The smallest absolute Gasteiger partial charge is 0.192 e. The molecular formula is C15H21ClIN3O. The summed E-state index contributed by atoms with van der Waals surface area (Å²) in [6, 6.07) is 7.31. The molecule has 0 aliphatic carbocycles. The minimum atomic E-state index is -0.0604. The van der Waals surface area contributed by atoms with Crippen molar-refractivity contribution in [2.24, 2.45) is 4.99 Å². The molecular weight excluding hydrogens is 401 g/mol. The first-order valence-electron chi connectivity index (χ1n) is 6.53. The largest absolute Gasteiger partial charge is 0.489 e. The van der Waals surface area contributed by atoms with E-state index in [-0.39, 0.29) is 30.1 Å². The topological polar surface area (TPSA) is 45.7 Å². The van der Waals surface area contributed by atoms with E-state index < -0.39 is 0 Å². The standard InChI is InChI=1S/C15H20ClN3O.HI/c1-4-9-18-15(17-5-2)19-11-12(3)20-14-8-6-7-13(16)10-14;/h1,6-8,10,12H,5,9,11H2,2-3H3,(H2,17,18,19);1H. The van der Waals surface area contributed by atoms with Gasteiger partial charge in [0.2, 0.25) is 0 Å². The van der Waals surface area contributed by atoms with Crippen LogP contribution in [0.3, 0.4) is 0 Å². The average Bonchev–Trinajstić information content (AvgIpc) is 2.42. The van der Waals surface area contributed by atoms with E-state index in [4.69, 9.17) is 22.8 Å². The Morgan fingerprint density at radius 1 is 1.48 bits per heavy atom. The molecule has 0 fully saturated rings. The molecule has 0 saturated carbocycles. The molecule has 1 aromatic rings. The van der Waals surface area contributed by atoms with Crippen LogP contribution < -0.4 is 15.4 Å². The molecule has 0 aromatic heterocycles. The fourth-order valence-corrected chi connectivity index (χ4v) is 1.69. The number of guanidine groups is 1. The van der Waals surface area contributed by atoms with Gasteiger partial charge < -0.3 is 15.4 Å². The quantitative estimate of drug-likeness (QED) is 0.321. The van der Waals surface area contributed by atoms with E-state index in [0.29, 0.717) is 24.1 Å². The van der Waals surface area contributed by atoms with Crippen molar-refractivity contribution >= 4 is 41.5 Å². The Hall–Kier alpha value is -1.13. The summed E-state index contributed by atoms with van der Waals surface area (Å²) >= 11 is 5.91. The van der Waals surface area contributed by atoms with E-state index in [9.17, 15) is 0 Å². The number of hydrogen-bond acceptors (Lipinski definition) is 2. The molecule has 0 aliphatic rings. The van der Waals surface area contributed by atoms with Gasteiger partial charge in [0.1, 0.15) is 11.9 Å². The third kappa shape index (κ3) is 8.68. The first-order chi connectivity index (χ1) is 9.65. The zero-order valence-corrected chi connectivity index (χ0v) is 15.3. The Morgan fingerprint density at radius 2 is 2.24 bits per heavy atom. The molecule has 0 spiro atoms. The normalized spacial score (nSPS) is 11.8. The van der Waals surface area contributed by atoms with Gasteiger partial charge >= 0.3 is 0 Å². The summed E-state index contributed by atoms with van der Waals surface area (Å²) in [7, 11) is 0. The SMILES string of the molecule is C#CCNC(=NCC(C)Oc1cccc(Cl)c1)NCC.I. The molecule has 4 nitrogen and oxygen atoms in total.